The molecule has 1 amide bonds. The van der Waals surface area contributed by atoms with Gasteiger partial charge >= 0.3 is 11.9 Å². The molecule has 9 nitrogen and oxygen atoms in total. The number of hydrogen-bond donors (Lipinski definition) is 1. The number of allylic oxidation sites excluding steroid dienone is 2. The van der Waals surface area contributed by atoms with E-state index in [0.29, 0.717) is 39.6 Å². The summed E-state index contributed by atoms with van der Waals surface area (Å²) in [5, 5.41) is 3.10. The molecule has 1 saturated heterocycles. The molecule has 0 aliphatic carbocycles. The molecule has 35 heavy (non-hydrogen) atoms. The SMILES string of the molecule is CCOC(=O)C1=C(C)NC(C)=C(C(=O)OC)C1c1ccc(OCC(=O)N2CCCCC2)c(OC)c1. The average molecular weight is 487 g/mol. The number of carbonyl (C=O) groups excluding carboxylic acids is 3. The van der Waals surface area contributed by atoms with E-state index in [2.05, 4.69) is 5.32 Å². The van der Waals surface area contributed by atoms with Gasteiger partial charge in [0.15, 0.2) is 18.1 Å². The van der Waals surface area contributed by atoms with Crippen molar-refractivity contribution in [3.63, 3.8) is 0 Å². The molecule has 1 aromatic rings. The molecular weight excluding hydrogens is 452 g/mol. The zero-order valence-corrected chi connectivity index (χ0v) is 21.1. The largest absolute Gasteiger partial charge is 0.493 e. The highest BCUT2D eigenvalue weighted by Gasteiger charge is 2.38. The zero-order valence-electron chi connectivity index (χ0n) is 21.1. The van der Waals surface area contributed by atoms with Crippen molar-refractivity contribution in [3.8, 4) is 11.5 Å². The number of ether oxygens (including phenoxy) is 4. The minimum absolute atomic E-state index is 0.0659. The minimum atomic E-state index is -0.735. The Morgan fingerprint density at radius 2 is 1.63 bits per heavy atom. The van der Waals surface area contributed by atoms with E-state index in [-0.39, 0.29) is 19.1 Å². The lowest BCUT2D eigenvalue weighted by molar-refractivity contribution is -0.139. The van der Waals surface area contributed by atoms with E-state index in [4.69, 9.17) is 18.9 Å². The van der Waals surface area contributed by atoms with Gasteiger partial charge in [0.05, 0.1) is 37.9 Å². The second kappa shape index (κ2) is 11.8. The van der Waals surface area contributed by atoms with Gasteiger partial charge in [-0.1, -0.05) is 6.07 Å². The van der Waals surface area contributed by atoms with E-state index in [1.807, 2.05) is 4.90 Å². The first-order chi connectivity index (χ1) is 16.8. The van der Waals surface area contributed by atoms with E-state index in [1.165, 1.54) is 14.2 Å². The molecule has 1 fully saturated rings. The smallest absolute Gasteiger partial charge is 0.336 e. The Morgan fingerprint density at radius 3 is 2.23 bits per heavy atom. The van der Waals surface area contributed by atoms with Crippen molar-refractivity contribution in [1.82, 2.24) is 10.2 Å². The highest BCUT2D eigenvalue weighted by molar-refractivity contribution is 5.99. The number of methoxy groups -OCH3 is 2. The fourth-order valence-corrected chi connectivity index (χ4v) is 4.54. The number of dihydropyridines is 1. The molecule has 9 heteroatoms. The number of amides is 1. The number of carbonyl (C=O) groups is 3. The fourth-order valence-electron chi connectivity index (χ4n) is 4.54. The Bertz CT molecular complexity index is 1040. The van der Waals surface area contributed by atoms with Crippen molar-refractivity contribution in [1.29, 1.82) is 0 Å². The van der Waals surface area contributed by atoms with Crippen LogP contribution in [-0.4, -0.2) is 63.3 Å². The van der Waals surface area contributed by atoms with Crippen molar-refractivity contribution >= 4 is 17.8 Å². The van der Waals surface area contributed by atoms with Gasteiger partial charge in [-0.05, 0) is 57.7 Å². The lowest BCUT2D eigenvalue weighted by Gasteiger charge is -2.30. The predicted molar refractivity (Wildman–Crippen MR) is 129 cm³/mol. The molecule has 190 valence electrons. The fraction of sp³-hybridized carbons (Fsp3) is 0.500. The Kier molecular flexibility index (Phi) is 8.78. The van der Waals surface area contributed by atoms with Gasteiger partial charge in [0.25, 0.3) is 5.91 Å². The maximum atomic E-state index is 12.9. The lowest BCUT2D eigenvalue weighted by atomic mass is 9.80. The van der Waals surface area contributed by atoms with Crippen molar-refractivity contribution in [3.05, 3.63) is 46.3 Å². The van der Waals surface area contributed by atoms with Crippen LogP contribution >= 0.6 is 0 Å². The molecule has 1 N–H and O–H groups in total. The summed E-state index contributed by atoms with van der Waals surface area (Å²) in [6.45, 7) is 6.84. The molecule has 2 heterocycles. The first kappa shape index (κ1) is 26.1. The third-order valence-electron chi connectivity index (χ3n) is 6.24. The van der Waals surface area contributed by atoms with Gasteiger partial charge in [-0.15, -0.1) is 0 Å². The van der Waals surface area contributed by atoms with Crippen molar-refractivity contribution < 1.29 is 33.3 Å². The van der Waals surface area contributed by atoms with Gasteiger partial charge in [-0.25, -0.2) is 9.59 Å². The van der Waals surface area contributed by atoms with Gasteiger partial charge in [0.1, 0.15) is 0 Å². The summed E-state index contributed by atoms with van der Waals surface area (Å²) in [5.41, 5.74) is 2.41. The molecule has 1 unspecified atom stereocenters. The highest BCUT2D eigenvalue weighted by Crippen LogP contribution is 2.42. The van der Waals surface area contributed by atoms with Crippen LogP contribution in [0.15, 0.2) is 40.7 Å². The Hall–Kier alpha value is -3.49. The third kappa shape index (κ3) is 5.78. The standard InChI is InChI=1S/C26H34N2O7/c1-6-34-26(31)23-17(3)27-16(2)22(25(30)33-5)24(23)18-10-11-19(20(14-18)32-4)35-15-21(29)28-12-8-7-9-13-28/h10-11,14,24,27H,6-9,12-13,15H2,1-5H3. The van der Waals surface area contributed by atoms with Crippen LogP contribution in [0.3, 0.4) is 0 Å². The first-order valence-electron chi connectivity index (χ1n) is 11.8. The minimum Gasteiger partial charge on any atom is -0.493 e. The third-order valence-corrected chi connectivity index (χ3v) is 6.24. The maximum absolute atomic E-state index is 12.9. The Balaban J connectivity index is 1.94. The van der Waals surface area contributed by atoms with E-state index in [0.717, 1.165) is 32.4 Å². The molecule has 0 aromatic heterocycles. The van der Waals surface area contributed by atoms with Gasteiger partial charge in [-0.3, -0.25) is 4.79 Å². The summed E-state index contributed by atoms with van der Waals surface area (Å²) in [5.74, 6) is -1.10. The number of benzene rings is 1. The number of hydrogen-bond acceptors (Lipinski definition) is 8. The van der Waals surface area contributed by atoms with Gasteiger partial charge in [0.2, 0.25) is 0 Å². The number of nitrogens with zero attached hydrogens (tertiary/aromatic N) is 1. The van der Waals surface area contributed by atoms with Crippen molar-refractivity contribution in [2.24, 2.45) is 0 Å². The quantitative estimate of drug-likeness (QED) is 0.560. The van der Waals surface area contributed by atoms with Crippen LogP contribution in [0.2, 0.25) is 0 Å². The summed E-state index contributed by atoms with van der Waals surface area (Å²) in [4.78, 5) is 40.0. The number of esters is 2. The van der Waals surface area contributed by atoms with Crippen LogP contribution in [0.1, 0.15) is 51.5 Å². The summed E-state index contributed by atoms with van der Waals surface area (Å²) in [6, 6.07) is 5.14. The summed E-state index contributed by atoms with van der Waals surface area (Å²) >= 11 is 0. The monoisotopic (exact) mass is 486 g/mol. The number of rotatable bonds is 8. The van der Waals surface area contributed by atoms with Crippen molar-refractivity contribution in [2.45, 2.75) is 46.0 Å². The molecule has 0 spiro atoms. The molecule has 2 aliphatic rings. The number of likely N-dealkylation sites (tertiary alicyclic amines) is 1. The molecule has 1 aromatic carbocycles. The predicted octanol–water partition coefficient (Wildman–Crippen LogP) is 3.06. The Morgan fingerprint density at radius 1 is 0.971 bits per heavy atom. The molecule has 0 bridgehead atoms. The van der Waals surface area contributed by atoms with E-state index in [9.17, 15) is 14.4 Å². The van der Waals surface area contributed by atoms with Crippen LogP contribution in [0.25, 0.3) is 0 Å². The molecule has 2 aliphatic heterocycles. The topological polar surface area (TPSA) is 103 Å². The number of piperidine rings is 1. The molecule has 0 saturated carbocycles. The van der Waals surface area contributed by atoms with E-state index in [1.54, 1.807) is 39.0 Å². The molecule has 3 rings (SSSR count). The highest BCUT2D eigenvalue weighted by atomic mass is 16.5. The molecule has 1 atom stereocenters. The van der Waals surface area contributed by atoms with Crippen molar-refractivity contribution in [2.75, 3.05) is 40.5 Å². The average Bonchev–Trinajstić information content (AvgIpc) is 2.86. The van der Waals surface area contributed by atoms with Gasteiger partial charge in [0, 0.05) is 24.5 Å². The van der Waals surface area contributed by atoms with Gasteiger partial charge in [-0.2, -0.15) is 0 Å². The first-order valence-corrected chi connectivity index (χ1v) is 11.8. The van der Waals surface area contributed by atoms with Crippen LogP contribution in [-0.2, 0) is 23.9 Å². The number of nitrogens with one attached hydrogen (secondary N) is 1. The van der Waals surface area contributed by atoms with Crippen LogP contribution in [0.5, 0.6) is 11.5 Å². The van der Waals surface area contributed by atoms with Crippen LogP contribution < -0.4 is 14.8 Å². The molecular formula is C26H34N2O7. The normalized spacial score (nSPS) is 18.1. The second-order valence-electron chi connectivity index (χ2n) is 8.49. The van der Waals surface area contributed by atoms with Gasteiger partial charge < -0.3 is 29.2 Å². The summed E-state index contributed by atoms with van der Waals surface area (Å²) in [6.07, 6.45) is 3.15. The molecule has 0 radical (unpaired) electrons. The lowest BCUT2D eigenvalue weighted by Crippen LogP contribution is -2.38. The Labute approximate surface area is 206 Å². The van der Waals surface area contributed by atoms with Crippen LogP contribution in [0, 0.1) is 0 Å². The van der Waals surface area contributed by atoms with E-state index < -0.39 is 17.9 Å². The zero-order chi connectivity index (χ0) is 25.5. The van der Waals surface area contributed by atoms with Crippen LogP contribution in [0.4, 0.5) is 0 Å². The maximum Gasteiger partial charge on any atom is 0.336 e. The summed E-state index contributed by atoms with van der Waals surface area (Å²) < 4.78 is 21.7. The summed E-state index contributed by atoms with van der Waals surface area (Å²) in [7, 11) is 2.79. The second-order valence-corrected chi connectivity index (χ2v) is 8.49. The van der Waals surface area contributed by atoms with E-state index >= 15 is 0 Å².